The Hall–Kier alpha value is -1.63. The number of anilines is 1. The Morgan fingerprint density at radius 2 is 1.88 bits per heavy atom. The zero-order chi connectivity index (χ0) is 17.9. The molecule has 0 spiro atoms. The quantitative estimate of drug-likeness (QED) is 0.829. The number of carbonyl (C=O) groups excluding carboxylic acids is 1. The molecule has 3 rings (SSSR count). The second-order valence-corrected chi connectivity index (χ2v) is 9.50. The Bertz CT molecular complexity index is 712. The van der Waals surface area contributed by atoms with E-state index in [0.29, 0.717) is 18.0 Å². The first-order valence-electron chi connectivity index (χ1n) is 9.14. The van der Waals surface area contributed by atoms with Gasteiger partial charge in [-0.15, -0.1) is 0 Å². The van der Waals surface area contributed by atoms with Crippen LogP contribution >= 0.6 is 0 Å². The van der Waals surface area contributed by atoms with Crippen LogP contribution in [0.2, 0.25) is 0 Å². The van der Waals surface area contributed by atoms with Gasteiger partial charge in [0, 0.05) is 31.5 Å². The summed E-state index contributed by atoms with van der Waals surface area (Å²) in [5, 5.41) is 3.51. The molecular formula is C18H27N3O3S. The topological polar surface area (TPSA) is 79.4 Å². The van der Waals surface area contributed by atoms with Crippen molar-refractivity contribution in [1.82, 2.24) is 9.88 Å². The predicted octanol–water partition coefficient (Wildman–Crippen LogP) is 2.48. The Labute approximate surface area is 149 Å². The maximum Gasteiger partial charge on any atom is 0.255 e. The van der Waals surface area contributed by atoms with Crippen LogP contribution in [0, 0.1) is 0 Å². The van der Waals surface area contributed by atoms with Crippen molar-refractivity contribution >= 4 is 21.4 Å². The van der Waals surface area contributed by atoms with Gasteiger partial charge in [-0.3, -0.25) is 9.78 Å². The van der Waals surface area contributed by atoms with Crippen LogP contribution < -0.4 is 5.32 Å². The maximum atomic E-state index is 12.7. The minimum atomic E-state index is -3.01. The van der Waals surface area contributed by atoms with Crippen molar-refractivity contribution in [3.8, 4) is 0 Å². The highest BCUT2D eigenvalue weighted by molar-refractivity contribution is 7.91. The summed E-state index contributed by atoms with van der Waals surface area (Å²) in [5.41, 5.74) is 1.37. The van der Waals surface area contributed by atoms with E-state index in [1.165, 1.54) is 25.7 Å². The van der Waals surface area contributed by atoms with Gasteiger partial charge in [0.15, 0.2) is 9.84 Å². The first-order valence-corrected chi connectivity index (χ1v) is 11.0. The van der Waals surface area contributed by atoms with Crippen molar-refractivity contribution < 1.29 is 13.2 Å². The van der Waals surface area contributed by atoms with Gasteiger partial charge < -0.3 is 10.2 Å². The molecule has 7 heteroatoms. The fraction of sp³-hybridized carbons (Fsp3) is 0.667. The van der Waals surface area contributed by atoms with E-state index in [4.69, 9.17) is 0 Å². The van der Waals surface area contributed by atoms with Crippen molar-refractivity contribution in [3.05, 3.63) is 24.0 Å². The largest absolute Gasteiger partial charge is 0.381 e. The average Bonchev–Trinajstić information content (AvgIpc) is 2.79. The highest BCUT2D eigenvalue weighted by Gasteiger charge is 2.33. The van der Waals surface area contributed by atoms with E-state index < -0.39 is 9.84 Å². The molecule has 138 valence electrons. The molecule has 0 aromatic carbocycles. The number of carbonyl (C=O) groups is 1. The number of aromatic nitrogens is 1. The molecule has 1 N–H and O–H groups in total. The molecule has 1 aliphatic heterocycles. The van der Waals surface area contributed by atoms with Crippen molar-refractivity contribution in [2.24, 2.45) is 0 Å². The number of nitrogens with zero attached hydrogens (tertiary/aromatic N) is 2. The molecule has 1 aromatic rings. The Morgan fingerprint density at radius 1 is 1.16 bits per heavy atom. The van der Waals surface area contributed by atoms with E-state index in [2.05, 4.69) is 10.3 Å². The third-order valence-corrected chi connectivity index (χ3v) is 7.04. The molecule has 2 aliphatic rings. The third-order valence-electron chi connectivity index (χ3n) is 5.29. The molecule has 1 aliphatic carbocycles. The molecular weight excluding hydrogens is 338 g/mol. The second kappa shape index (κ2) is 7.72. The van der Waals surface area contributed by atoms with E-state index >= 15 is 0 Å². The molecule has 2 heterocycles. The van der Waals surface area contributed by atoms with Crippen LogP contribution in [0.5, 0.6) is 0 Å². The van der Waals surface area contributed by atoms with Crippen molar-refractivity contribution in [2.75, 3.05) is 23.9 Å². The summed E-state index contributed by atoms with van der Waals surface area (Å²) >= 11 is 0. The average molecular weight is 365 g/mol. The third kappa shape index (κ3) is 4.71. The Morgan fingerprint density at radius 3 is 2.52 bits per heavy atom. The fourth-order valence-electron chi connectivity index (χ4n) is 3.75. The minimum Gasteiger partial charge on any atom is -0.381 e. The first-order chi connectivity index (χ1) is 11.9. The fourth-order valence-corrected chi connectivity index (χ4v) is 5.52. The summed E-state index contributed by atoms with van der Waals surface area (Å²) in [5.74, 6) is 0.0542. The van der Waals surface area contributed by atoms with Gasteiger partial charge in [0.25, 0.3) is 5.91 Å². The van der Waals surface area contributed by atoms with Crippen LogP contribution in [0.15, 0.2) is 18.5 Å². The zero-order valence-corrected chi connectivity index (χ0v) is 15.6. The standard InChI is InChI=1S/C18H27N3O3S/c1-21(17-8-9-25(23,24)13-17)18(22)14-10-16(12-19-11-14)20-15-6-4-2-3-5-7-15/h10-12,15,17,20H,2-9,13H2,1H3. The van der Waals surface area contributed by atoms with Gasteiger partial charge in [0.05, 0.1) is 22.8 Å². The molecule has 0 bridgehead atoms. The van der Waals surface area contributed by atoms with Gasteiger partial charge in [-0.1, -0.05) is 25.7 Å². The summed E-state index contributed by atoms with van der Waals surface area (Å²) in [6.07, 6.45) is 11.2. The van der Waals surface area contributed by atoms with Gasteiger partial charge >= 0.3 is 0 Å². The van der Waals surface area contributed by atoms with Crippen LogP contribution in [-0.2, 0) is 9.84 Å². The van der Waals surface area contributed by atoms with Crippen molar-refractivity contribution in [3.63, 3.8) is 0 Å². The molecule has 1 saturated carbocycles. The molecule has 1 aromatic heterocycles. The molecule has 1 unspecified atom stereocenters. The van der Waals surface area contributed by atoms with Crippen LogP contribution in [-0.4, -0.2) is 54.8 Å². The molecule has 6 nitrogen and oxygen atoms in total. The first kappa shape index (κ1) is 18.2. The molecule has 1 saturated heterocycles. The van der Waals surface area contributed by atoms with Crippen LogP contribution in [0.1, 0.15) is 55.3 Å². The van der Waals surface area contributed by atoms with E-state index in [-0.39, 0.29) is 23.5 Å². The van der Waals surface area contributed by atoms with Gasteiger partial charge in [-0.2, -0.15) is 0 Å². The van der Waals surface area contributed by atoms with Crippen LogP contribution in [0.4, 0.5) is 5.69 Å². The molecule has 25 heavy (non-hydrogen) atoms. The van der Waals surface area contributed by atoms with E-state index in [9.17, 15) is 13.2 Å². The number of nitrogens with one attached hydrogen (secondary N) is 1. The molecule has 2 fully saturated rings. The lowest BCUT2D eigenvalue weighted by Gasteiger charge is -2.24. The summed E-state index contributed by atoms with van der Waals surface area (Å²) in [6, 6.07) is 2.03. The monoisotopic (exact) mass is 365 g/mol. The molecule has 0 radical (unpaired) electrons. The summed E-state index contributed by atoms with van der Waals surface area (Å²) < 4.78 is 23.3. The number of hydrogen-bond donors (Lipinski definition) is 1. The van der Waals surface area contributed by atoms with Crippen LogP contribution in [0.3, 0.4) is 0 Å². The van der Waals surface area contributed by atoms with Crippen molar-refractivity contribution in [1.29, 1.82) is 0 Å². The smallest absolute Gasteiger partial charge is 0.255 e. The number of pyridine rings is 1. The van der Waals surface area contributed by atoms with Gasteiger partial charge in [0.2, 0.25) is 0 Å². The second-order valence-electron chi connectivity index (χ2n) is 7.27. The predicted molar refractivity (Wildman–Crippen MR) is 98.5 cm³/mol. The molecule has 1 atom stereocenters. The normalized spacial score (nSPS) is 23.8. The summed E-state index contributed by atoms with van der Waals surface area (Å²) in [6.45, 7) is 0. The number of hydrogen-bond acceptors (Lipinski definition) is 5. The highest BCUT2D eigenvalue weighted by Crippen LogP contribution is 2.22. The minimum absolute atomic E-state index is 0.0582. The number of amides is 1. The van der Waals surface area contributed by atoms with Gasteiger partial charge in [0.1, 0.15) is 0 Å². The number of rotatable bonds is 4. The molecule has 1 amide bonds. The Kier molecular flexibility index (Phi) is 5.61. The van der Waals surface area contributed by atoms with Crippen molar-refractivity contribution in [2.45, 2.75) is 57.0 Å². The summed E-state index contributed by atoms with van der Waals surface area (Å²) in [7, 11) is -1.33. The van der Waals surface area contributed by atoms with Gasteiger partial charge in [-0.25, -0.2) is 8.42 Å². The lowest BCUT2D eigenvalue weighted by molar-refractivity contribution is 0.0747. The lowest BCUT2D eigenvalue weighted by atomic mass is 10.1. The zero-order valence-electron chi connectivity index (χ0n) is 14.8. The van der Waals surface area contributed by atoms with Crippen LogP contribution in [0.25, 0.3) is 0 Å². The van der Waals surface area contributed by atoms with Gasteiger partial charge in [-0.05, 0) is 25.3 Å². The SMILES string of the molecule is CN(C(=O)c1cncc(NC2CCCCCC2)c1)C1CCS(=O)(=O)C1. The summed E-state index contributed by atoms with van der Waals surface area (Å²) in [4.78, 5) is 18.5. The lowest BCUT2D eigenvalue weighted by Crippen LogP contribution is -2.37. The number of sulfone groups is 1. The van der Waals surface area contributed by atoms with E-state index in [1.54, 1.807) is 24.3 Å². The maximum absolute atomic E-state index is 12.7. The van der Waals surface area contributed by atoms with E-state index in [0.717, 1.165) is 18.5 Å². The highest BCUT2D eigenvalue weighted by atomic mass is 32.2. The Balaban J connectivity index is 1.66. The van der Waals surface area contributed by atoms with E-state index in [1.807, 2.05) is 6.07 Å².